The van der Waals surface area contributed by atoms with E-state index in [-0.39, 0.29) is 17.3 Å². The number of hydrogen-bond donors (Lipinski definition) is 0. The van der Waals surface area contributed by atoms with E-state index in [0.29, 0.717) is 18.0 Å². The summed E-state index contributed by atoms with van der Waals surface area (Å²) in [7, 11) is 3.26. The molecular weight excluding hydrogens is 231 g/mol. The summed E-state index contributed by atoms with van der Waals surface area (Å²) in [5, 5.41) is 0. The first kappa shape index (κ1) is 13.0. The van der Waals surface area contributed by atoms with E-state index in [1.165, 1.54) is 4.90 Å². The van der Waals surface area contributed by atoms with Crippen LogP contribution < -0.4 is 0 Å². The molecule has 98 valence electrons. The normalized spacial score (nSPS) is 16.4. The Hall–Kier alpha value is -1.42. The summed E-state index contributed by atoms with van der Waals surface area (Å²) >= 11 is 0. The van der Waals surface area contributed by atoms with Gasteiger partial charge in [-0.3, -0.25) is 9.69 Å². The molecule has 3 nitrogen and oxygen atoms in total. The Kier molecular flexibility index (Phi) is 3.66. The number of halogens is 1. The van der Waals surface area contributed by atoms with Crippen molar-refractivity contribution in [3.8, 4) is 0 Å². The minimum atomic E-state index is -0.379. The van der Waals surface area contributed by atoms with Crippen LogP contribution in [0.25, 0.3) is 0 Å². The van der Waals surface area contributed by atoms with Crippen LogP contribution in [0.5, 0.6) is 0 Å². The van der Waals surface area contributed by atoms with Gasteiger partial charge in [0.05, 0.1) is 5.56 Å². The van der Waals surface area contributed by atoms with Gasteiger partial charge in [0.25, 0.3) is 5.91 Å². The molecule has 1 saturated heterocycles. The molecule has 0 atom stereocenters. The van der Waals surface area contributed by atoms with Crippen molar-refractivity contribution in [3.63, 3.8) is 0 Å². The molecule has 0 unspecified atom stereocenters. The van der Waals surface area contributed by atoms with Gasteiger partial charge in [0, 0.05) is 39.3 Å². The zero-order valence-corrected chi connectivity index (χ0v) is 11.1. The van der Waals surface area contributed by atoms with Gasteiger partial charge >= 0.3 is 0 Å². The van der Waals surface area contributed by atoms with Crippen molar-refractivity contribution in [2.24, 2.45) is 5.92 Å². The predicted molar refractivity (Wildman–Crippen MR) is 68.9 cm³/mol. The van der Waals surface area contributed by atoms with Crippen LogP contribution in [0.2, 0.25) is 0 Å². The Balaban J connectivity index is 2.17. The molecule has 1 aromatic rings. The number of carbonyl (C=O) groups excluding carboxylic acids is 1. The Labute approximate surface area is 107 Å². The Morgan fingerprint density at radius 3 is 2.67 bits per heavy atom. The molecule has 1 aliphatic heterocycles. The van der Waals surface area contributed by atoms with Gasteiger partial charge in [-0.1, -0.05) is 19.1 Å². The van der Waals surface area contributed by atoms with E-state index in [1.807, 2.05) is 0 Å². The van der Waals surface area contributed by atoms with Gasteiger partial charge in [-0.25, -0.2) is 4.39 Å². The summed E-state index contributed by atoms with van der Waals surface area (Å²) in [4.78, 5) is 15.4. The van der Waals surface area contributed by atoms with Crippen LogP contribution in [0.3, 0.4) is 0 Å². The Morgan fingerprint density at radius 1 is 1.44 bits per heavy atom. The Bertz CT molecular complexity index is 453. The number of nitrogens with zero attached hydrogens (tertiary/aromatic N) is 2. The first-order chi connectivity index (χ1) is 8.49. The van der Waals surface area contributed by atoms with Crippen LogP contribution in [0, 0.1) is 11.7 Å². The second kappa shape index (κ2) is 5.06. The van der Waals surface area contributed by atoms with Crippen LogP contribution in [-0.4, -0.2) is 42.9 Å². The highest BCUT2D eigenvalue weighted by molar-refractivity contribution is 5.94. The minimum absolute atomic E-state index is 0.158. The maximum atomic E-state index is 14.2. The highest BCUT2D eigenvalue weighted by Gasteiger charge is 2.24. The quantitative estimate of drug-likeness (QED) is 0.819. The third kappa shape index (κ3) is 2.53. The first-order valence-corrected chi connectivity index (χ1v) is 6.20. The zero-order valence-electron chi connectivity index (χ0n) is 11.1. The molecular formula is C14H19FN2O. The number of hydrogen-bond acceptors (Lipinski definition) is 2. The smallest absolute Gasteiger partial charge is 0.256 e. The summed E-state index contributed by atoms with van der Waals surface area (Å²) in [5.74, 6) is 0.0294. The molecule has 1 heterocycles. The molecule has 18 heavy (non-hydrogen) atoms. The summed E-state index contributed by atoms with van der Waals surface area (Å²) in [6, 6.07) is 5.04. The summed E-state index contributed by atoms with van der Waals surface area (Å²) < 4.78 is 14.2. The van der Waals surface area contributed by atoms with E-state index in [4.69, 9.17) is 0 Å². The van der Waals surface area contributed by atoms with Crippen LogP contribution in [0.1, 0.15) is 22.8 Å². The zero-order chi connectivity index (χ0) is 13.3. The molecule has 0 N–H and O–H groups in total. The van der Waals surface area contributed by atoms with Gasteiger partial charge in [-0.15, -0.1) is 0 Å². The van der Waals surface area contributed by atoms with E-state index >= 15 is 0 Å². The van der Waals surface area contributed by atoms with E-state index in [9.17, 15) is 9.18 Å². The Morgan fingerprint density at radius 2 is 2.11 bits per heavy atom. The van der Waals surface area contributed by atoms with Gasteiger partial charge in [0.15, 0.2) is 0 Å². The standard InChI is InChI=1S/C14H19FN2O/c1-10-7-17(8-10)9-11-5-4-6-12(13(11)15)14(18)16(2)3/h4-6,10H,7-9H2,1-3H3. The SMILES string of the molecule is CC1CN(Cc2cccc(C(=O)N(C)C)c2F)C1. The number of carbonyl (C=O) groups is 1. The van der Waals surface area contributed by atoms with Crippen molar-refractivity contribution in [2.75, 3.05) is 27.2 Å². The van der Waals surface area contributed by atoms with E-state index in [1.54, 1.807) is 32.3 Å². The summed E-state index contributed by atoms with van der Waals surface area (Å²) in [6.45, 7) is 4.78. The maximum absolute atomic E-state index is 14.2. The van der Waals surface area contributed by atoms with Crippen LogP contribution in [-0.2, 0) is 6.54 Å². The lowest BCUT2D eigenvalue weighted by molar-refractivity contribution is 0.0820. The predicted octanol–water partition coefficient (Wildman–Crippen LogP) is 1.98. The van der Waals surface area contributed by atoms with Gasteiger partial charge < -0.3 is 4.90 Å². The maximum Gasteiger partial charge on any atom is 0.256 e. The van der Waals surface area contributed by atoms with E-state index < -0.39 is 0 Å². The second-order valence-electron chi connectivity index (χ2n) is 5.28. The highest BCUT2D eigenvalue weighted by Crippen LogP contribution is 2.21. The van der Waals surface area contributed by atoms with Gasteiger partial charge in [-0.2, -0.15) is 0 Å². The molecule has 0 spiro atoms. The lowest BCUT2D eigenvalue weighted by Gasteiger charge is -2.37. The average molecular weight is 250 g/mol. The molecule has 0 bridgehead atoms. The largest absolute Gasteiger partial charge is 0.345 e. The number of rotatable bonds is 3. The summed E-state index contributed by atoms with van der Waals surface area (Å²) in [6.07, 6.45) is 0. The fraction of sp³-hybridized carbons (Fsp3) is 0.500. The van der Waals surface area contributed by atoms with Crippen molar-refractivity contribution in [3.05, 3.63) is 35.1 Å². The monoisotopic (exact) mass is 250 g/mol. The topological polar surface area (TPSA) is 23.6 Å². The van der Waals surface area contributed by atoms with Crippen molar-refractivity contribution in [2.45, 2.75) is 13.5 Å². The van der Waals surface area contributed by atoms with Crippen molar-refractivity contribution in [1.82, 2.24) is 9.80 Å². The molecule has 0 aromatic heterocycles. The third-order valence-electron chi connectivity index (χ3n) is 3.25. The van der Waals surface area contributed by atoms with Crippen LogP contribution in [0.15, 0.2) is 18.2 Å². The van der Waals surface area contributed by atoms with Crippen LogP contribution >= 0.6 is 0 Å². The minimum Gasteiger partial charge on any atom is -0.345 e. The fourth-order valence-corrected chi connectivity index (χ4v) is 2.31. The van der Waals surface area contributed by atoms with Crippen molar-refractivity contribution in [1.29, 1.82) is 0 Å². The molecule has 0 aliphatic carbocycles. The molecule has 1 aliphatic rings. The highest BCUT2D eigenvalue weighted by atomic mass is 19.1. The lowest BCUT2D eigenvalue weighted by Crippen LogP contribution is -2.44. The third-order valence-corrected chi connectivity index (χ3v) is 3.25. The van der Waals surface area contributed by atoms with Crippen molar-refractivity contribution >= 4 is 5.91 Å². The molecule has 1 fully saturated rings. The number of benzene rings is 1. The first-order valence-electron chi connectivity index (χ1n) is 6.20. The van der Waals surface area contributed by atoms with Gasteiger partial charge in [0.2, 0.25) is 0 Å². The average Bonchev–Trinajstić information content (AvgIpc) is 2.28. The molecule has 0 radical (unpaired) electrons. The van der Waals surface area contributed by atoms with E-state index in [0.717, 1.165) is 13.1 Å². The summed E-state index contributed by atoms with van der Waals surface area (Å²) in [5.41, 5.74) is 0.765. The lowest BCUT2D eigenvalue weighted by atomic mass is 10.0. The van der Waals surface area contributed by atoms with E-state index in [2.05, 4.69) is 11.8 Å². The van der Waals surface area contributed by atoms with Crippen molar-refractivity contribution < 1.29 is 9.18 Å². The molecule has 1 amide bonds. The molecule has 2 rings (SSSR count). The second-order valence-corrected chi connectivity index (χ2v) is 5.28. The van der Waals surface area contributed by atoms with Crippen LogP contribution in [0.4, 0.5) is 4.39 Å². The van der Waals surface area contributed by atoms with Gasteiger partial charge in [-0.05, 0) is 12.0 Å². The fourth-order valence-electron chi connectivity index (χ4n) is 2.31. The molecule has 4 heteroatoms. The molecule has 1 aromatic carbocycles. The number of amides is 1. The number of likely N-dealkylation sites (tertiary alicyclic amines) is 1. The molecule has 0 saturated carbocycles. The van der Waals surface area contributed by atoms with Gasteiger partial charge in [0.1, 0.15) is 5.82 Å².